The van der Waals surface area contributed by atoms with Gasteiger partial charge in [0.05, 0.1) is 26.4 Å². The topological polar surface area (TPSA) is 118 Å². The van der Waals surface area contributed by atoms with E-state index in [4.69, 9.17) is 9.26 Å². The molecule has 1 aliphatic rings. The first-order valence-electron chi connectivity index (χ1n) is 11.8. The zero-order chi connectivity index (χ0) is 26.9. The zero-order valence-electron chi connectivity index (χ0n) is 21.0. The van der Waals surface area contributed by atoms with Crippen LogP contribution in [0.25, 0.3) is 0 Å². The number of aromatic amines is 1. The normalized spacial score (nSPS) is 15.4. The molecule has 3 aromatic rings. The number of rotatable bonds is 7. The summed E-state index contributed by atoms with van der Waals surface area (Å²) in [6.45, 7) is 6.01. The Morgan fingerprint density at radius 1 is 1.24 bits per heavy atom. The lowest BCUT2D eigenvalue weighted by Crippen LogP contribution is -2.46. The number of benzene rings is 1. The fraction of sp³-hybridized carbons (Fsp3) is 0.360. The molecule has 2 N–H and O–H groups in total. The molecule has 0 unspecified atom stereocenters. The van der Waals surface area contributed by atoms with Crippen LogP contribution in [0.15, 0.2) is 39.6 Å². The number of methoxy groups -OCH3 is 1. The number of aromatic nitrogens is 2. The molecule has 0 saturated carbocycles. The van der Waals surface area contributed by atoms with Gasteiger partial charge in [-0.1, -0.05) is 32.1 Å². The summed E-state index contributed by atoms with van der Waals surface area (Å²) in [5.74, 6) is -3.07. The predicted octanol–water partition coefficient (Wildman–Crippen LogP) is 3.10. The second-order valence-electron chi connectivity index (χ2n) is 9.54. The molecule has 0 fully saturated rings. The van der Waals surface area contributed by atoms with Crippen LogP contribution in [0.3, 0.4) is 0 Å². The van der Waals surface area contributed by atoms with E-state index in [0.29, 0.717) is 29.4 Å². The number of amides is 2. The van der Waals surface area contributed by atoms with E-state index in [2.05, 4.69) is 15.5 Å². The Morgan fingerprint density at radius 2 is 1.95 bits per heavy atom. The van der Waals surface area contributed by atoms with E-state index >= 15 is 0 Å². The van der Waals surface area contributed by atoms with Crippen molar-refractivity contribution in [3.05, 3.63) is 75.0 Å². The number of pyridine rings is 1. The van der Waals surface area contributed by atoms with Crippen LogP contribution in [-0.2, 0) is 22.6 Å². The molecule has 0 aliphatic carbocycles. The highest BCUT2D eigenvalue weighted by Crippen LogP contribution is 2.32. The van der Waals surface area contributed by atoms with Gasteiger partial charge in [-0.2, -0.15) is 5.16 Å². The summed E-state index contributed by atoms with van der Waals surface area (Å²) >= 11 is 0. The van der Waals surface area contributed by atoms with Gasteiger partial charge in [-0.05, 0) is 18.2 Å². The monoisotopic (exact) mass is 530 g/mol. The molecule has 4 rings (SSSR count). The van der Waals surface area contributed by atoms with E-state index in [-0.39, 0.29) is 29.8 Å². The summed E-state index contributed by atoms with van der Waals surface area (Å²) in [5.41, 5.74) is 1.03. The van der Waals surface area contributed by atoms with Gasteiger partial charge in [-0.3, -0.25) is 19.4 Å². The van der Waals surface area contributed by atoms with Crippen molar-refractivity contribution in [3.63, 3.8) is 0 Å². The number of hydrogen-bond donors (Lipinski definition) is 2. The lowest BCUT2D eigenvalue weighted by molar-refractivity contribution is -0.121. The quantitative estimate of drug-likeness (QED) is 0.454. The van der Waals surface area contributed by atoms with E-state index in [1.807, 2.05) is 20.0 Å². The lowest BCUT2D eigenvalue weighted by Gasteiger charge is -2.35. The molecule has 2 amide bonds. The van der Waals surface area contributed by atoms with Crippen molar-refractivity contribution in [1.82, 2.24) is 15.0 Å². The molecule has 9 nitrogen and oxygen atoms in total. The minimum absolute atomic E-state index is 0.0682. The first kappa shape index (κ1) is 26.4. The molecule has 1 atom stereocenters. The number of anilines is 1. The lowest BCUT2D eigenvalue weighted by atomic mass is 9.95. The predicted molar refractivity (Wildman–Crippen MR) is 134 cm³/mol. The number of carbonyl (C=O) groups excluding carboxylic acids is 2. The van der Waals surface area contributed by atoms with Crippen molar-refractivity contribution in [1.29, 1.82) is 0 Å². The van der Waals surface area contributed by atoms with Gasteiger partial charge in [-0.25, -0.2) is 8.78 Å². The summed E-state index contributed by atoms with van der Waals surface area (Å²) in [4.78, 5) is 44.1. The van der Waals surface area contributed by atoms with Crippen molar-refractivity contribution in [2.75, 3.05) is 19.0 Å². The largest absolute Gasteiger partial charge is 0.378 e. The van der Waals surface area contributed by atoms with Crippen molar-refractivity contribution < 1.29 is 27.6 Å². The number of hydrogen-bond acceptors (Lipinski definition) is 6. The fourth-order valence-corrected chi connectivity index (χ4v) is 6.26. The Hall–Kier alpha value is -3.64. The number of nitrogens with one attached hydrogen (secondary N) is 2. The second kappa shape index (κ2) is 10.4. The van der Waals surface area contributed by atoms with Crippen molar-refractivity contribution in [3.8, 4) is 0 Å². The van der Waals surface area contributed by atoms with E-state index in [0.717, 1.165) is 18.2 Å². The third-order valence-corrected chi connectivity index (χ3v) is 10.3. The minimum Gasteiger partial charge on any atom is -0.378 e. The Morgan fingerprint density at radius 3 is 2.54 bits per heavy atom. The van der Waals surface area contributed by atoms with E-state index in [1.165, 1.54) is 12.0 Å². The van der Waals surface area contributed by atoms with E-state index in [9.17, 15) is 23.2 Å². The van der Waals surface area contributed by atoms with Crippen LogP contribution in [0.5, 0.6) is 0 Å². The highest BCUT2D eigenvalue weighted by Gasteiger charge is 2.39. The molecular formula is C25H28F2N4O5Si. The van der Waals surface area contributed by atoms with Crippen LogP contribution >= 0.6 is 0 Å². The van der Waals surface area contributed by atoms with Gasteiger partial charge < -0.3 is 19.5 Å². The molecule has 0 radical (unpaired) electrons. The van der Waals surface area contributed by atoms with Gasteiger partial charge in [0.25, 0.3) is 17.4 Å². The molecule has 2 aromatic heterocycles. The van der Waals surface area contributed by atoms with Gasteiger partial charge in [-0.15, -0.1) is 0 Å². The molecule has 1 aliphatic heterocycles. The van der Waals surface area contributed by atoms with Crippen LogP contribution in [0.1, 0.15) is 40.5 Å². The smallest absolute Gasteiger partial charge is 0.293 e. The van der Waals surface area contributed by atoms with Crippen LogP contribution in [-0.4, -0.2) is 48.6 Å². The highest BCUT2D eigenvalue weighted by atomic mass is 28.3. The van der Waals surface area contributed by atoms with Crippen LogP contribution in [0.4, 0.5) is 14.5 Å². The maximum absolute atomic E-state index is 15.0. The Kier molecular flexibility index (Phi) is 7.41. The number of ether oxygens (including phenoxy) is 1. The van der Waals surface area contributed by atoms with Gasteiger partial charge in [0, 0.05) is 42.2 Å². The summed E-state index contributed by atoms with van der Waals surface area (Å²) in [5, 5.41) is 4.70. The van der Waals surface area contributed by atoms with Crippen molar-refractivity contribution >= 4 is 30.8 Å². The summed E-state index contributed by atoms with van der Waals surface area (Å²) < 4.78 is 40.1. The Labute approximate surface area is 212 Å². The molecule has 0 saturated heterocycles. The van der Waals surface area contributed by atoms with Gasteiger partial charge in [0.1, 0.15) is 17.7 Å². The molecule has 196 valence electrons. The van der Waals surface area contributed by atoms with E-state index in [1.54, 1.807) is 12.1 Å². The molecule has 0 spiro atoms. The van der Waals surface area contributed by atoms with Crippen LogP contribution < -0.4 is 16.1 Å². The van der Waals surface area contributed by atoms with Gasteiger partial charge in [0.15, 0.2) is 0 Å². The molecular weight excluding hydrogens is 502 g/mol. The molecule has 3 heterocycles. The maximum Gasteiger partial charge on any atom is 0.293 e. The SMILES string of the molecule is CC[Si](C)(C)c1c(F)cc(NC(=O)[C@H]2c3ccc(COC)nc3CCN2C(=O)c2cc(=O)[nH]o2)cc1F. The van der Waals surface area contributed by atoms with Crippen molar-refractivity contribution in [2.45, 2.75) is 45.1 Å². The Balaban J connectivity index is 1.71. The fourth-order valence-electron chi connectivity index (χ4n) is 4.47. The van der Waals surface area contributed by atoms with E-state index < -0.39 is 43.1 Å². The summed E-state index contributed by atoms with van der Waals surface area (Å²) in [6, 6.07) is 6.01. The summed E-state index contributed by atoms with van der Waals surface area (Å²) in [7, 11) is -0.794. The molecule has 37 heavy (non-hydrogen) atoms. The standard InChI is InChI=1S/C25H28F2N4O5Si/c1-5-37(3,4)23-17(26)10-15(11-18(23)27)29-24(33)22-16-7-6-14(13-35-2)28-19(16)8-9-31(22)25(34)20-12-21(32)30-36-20/h6-7,10-12,22H,5,8-9,13H2,1-4H3,(H,29,33)(H,30,32)/t22-/m1/s1. The van der Waals surface area contributed by atoms with Gasteiger partial charge in [0.2, 0.25) is 5.76 Å². The first-order chi connectivity index (χ1) is 17.6. The van der Waals surface area contributed by atoms with Crippen molar-refractivity contribution in [2.24, 2.45) is 0 Å². The summed E-state index contributed by atoms with van der Waals surface area (Å²) in [6.07, 6.45) is 0.339. The second-order valence-corrected chi connectivity index (χ2v) is 14.5. The maximum atomic E-state index is 15.0. The minimum atomic E-state index is -2.33. The number of nitrogens with zero attached hydrogens (tertiary/aromatic N) is 2. The van der Waals surface area contributed by atoms with Gasteiger partial charge >= 0.3 is 0 Å². The average molecular weight is 531 g/mol. The first-order valence-corrected chi connectivity index (χ1v) is 15.0. The Bertz CT molecular complexity index is 1380. The highest BCUT2D eigenvalue weighted by molar-refractivity contribution is 6.89. The van der Waals surface area contributed by atoms with Crippen LogP contribution in [0, 0.1) is 11.6 Å². The number of carbonyl (C=O) groups is 2. The van der Waals surface area contributed by atoms with Crippen LogP contribution in [0.2, 0.25) is 19.1 Å². The molecule has 12 heteroatoms. The molecule has 0 bridgehead atoms. The third-order valence-electron chi connectivity index (χ3n) is 6.67. The molecule has 1 aromatic carbocycles. The number of H-pyrrole nitrogens is 1. The number of halogens is 2. The number of fused-ring (bicyclic) bond motifs is 1. The third kappa shape index (κ3) is 5.25. The zero-order valence-corrected chi connectivity index (χ0v) is 22.0. The average Bonchev–Trinajstić information content (AvgIpc) is 3.28.